The number of rotatable bonds is 5. The summed E-state index contributed by atoms with van der Waals surface area (Å²) in [6.07, 6.45) is 3.76. The highest BCUT2D eigenvalue weighted by Crippen LogP contribution is 2.26. The molecular formula is C15H17N3O3S. The molecule has 1 amide bonds. The topological polar surface area (TPSA) is 81.2 Å². The molecule has 2 aromatic heterocycles. The third kappa shape index (κ3) is 3.88. The first-order valence-corrected chi connectivity index (χ1v) is 7.62. The van der Waals surface area contributed by atoms with Crippen LogP contribution in [0.15, 0.2) is 24.5 Å². The number of thiazole rings is 1. The molecule has 0 fully saturated rings. The van der Waals surface area contributed by atoms with E-state index in [-0.39, 0.29) is 11.6 Å². The van der Waals surface area contributed by atoms with Crippen molar-refractivity contribution in [3.05, 3.63) is 40.7 Å². The highest BCUT2D eigenvalue weighted by atomic mass is 32.1. The zero-order chi connectivity index (χ0) is 16.1. The zero-order valence-electron chi connectivity index (χ0n) is 12.6. The maximum absolute atomic E-state index is 12.1. The lowest BCUT2D eigenvalue weighted by molar-refractivity contribution is 0.0593. The van der Waals surface area contributed by atoms with Gasteiger partial charge in [-0.05, 0) is 24.5 Å². The van der Waals surface area contributed by atoms with Crippen molar-refractivity contribution in [2.75, 3.05) is 12.4 Å². The van der Waals surface area contributed by atoms with Crippen molar-refractivity contribution in [2.24, 2.45) is 5.92 Å². The van der Waals surface area contributed by atoms with Gasteiger partial charge in [0, 0.05) is 17.3 Å². The number of methoxy groups -OCH3 is 1. The molecule has 2 aromatic rings. The summed E-state index contributed by atoms with van der Waals surface area (Å²) in [5, 5.41) is 3.07. The number of carbonyl (C=O) groups is 2. The van der Waals surface area contributed by atoms with Crippen LogP contribution in [0.5, 0.6) is 0 Å². The van der Waals surface area contributed by atoms with Crippen molar-refractivity contribution in [2.45, 2.75) is 20.3 Å². The van der Waals surface area contributed by atoms with Crippen LogP contribution >= 0.6 is 11.3 Å². The summed E-state index contributed by atoms with van der Waals surface area (Å²) in [5.74, 6) is -0.436. The van der Waals surface area contributed by atoms with E-state index in [0.717, 1.165) is 4.88 Å². The number of carbonyl (C=O) groups excluding carboxylic acids is 2. The largest absolute Gasteiger partial charge is 0.464 e. The normalized spacial score (nSPS) is 10.5. The quantitative estimate of drug-likeness (QED) is 0.857. The molecule has 6 nitrogen and oxygen atoms in total. The Bertz CT molecular complexity index is 668. The van der Waals surface area contributed by atoms with Crippen LogP contribution in [0.4, 0.5) is 5.13 Å². The van der Waals surface area contributed by atoms with Gasteiger partial charge in [-0.25, -0.2) is 9.78 Å². The highest BCUT2D eigenvalue weighted by molar-refractivity contribution is 7.16. The molecule has 0 unspecified atom stereocenters. The monoisotopic (exact) mass is 319 g/mol. The van der Waals surface area contributed by atoms with E-state index in [0.29, 0.717) is 23.0 Å². The number of nitrogens with zero attached hydrogens (tertiary/aromatic N) is 2. The second-order valence-electron chi connectivity index (χ2n) is 5.08. The van der Waals surface area contributed by atoms with Gasteiger partial charge in [0.15, 0.2) is 10.8 Å². The zero-order valence-corrected chi connectivity index (χ0v) is 13.4. The number of hydrogen-bond acceptors (Lipinski definition) is 6. The van der Waals surface area contributed by atoms with Crippen LogP contribution in [0.25, 0.3) is 0 Å². The van der Waals surface area contributed by atoms with Crippen LogP contribution in [-0.2, 0) is 11.2 Å². The van der Waals surface area contributed by atoms with Crippen LogP contribution in [0.1, 0.15) is 39.6 Å². The molecule has 0 saturated heterocycles. The second-order valence-corrected chi connectivity index (χ2v) is 6.16. The maximum Gasteiger partial charge on any atom is 0.357 e. The SMILES string of the molecule is COC(=O)c1nc(NC(=O)c2cccnc2)sc1CC(C)C. The Morgan fingerprint density at radius 2 is 2.18 bits per heavy atom. The second kappa shape index (κ2) is 7.13. The van der Waals surface area contributed by atoms with Crippen LogP contribution in [-0.4, -0.2) is 29.0 Å². The average molecular weight is 319 g/mol. The highest BCUT2D eigenvalue weighted by Gasteiger charge is 2.20. The molecule has 1 N–H and O–H groups in total. The van der Waals surface area contributed by atoms with E-state index in [9.17, 15) is 9.59 Å². The predicted octanol–water partition coefficient (Wildman–Crippen LogP) is 2.78. The fourth-order valence-electron chi connectivity index (χ4n) is 1.84. The molecule has 0 aliphatic rings. The third-order valence-electron chi connectivity index (χ3n) is 2.81. The van der Waals surface area contributed by atoms with Crippen molar-refractivity contribution >= 4 is 28.3 Å². The van der Waals surface area contributed by atoms with Crippen molar-refractivity contribution in [3.63, 3.8) is 0 Å². The molecule has 0 bridgehead atoms. The minimum absolute atomic E-state index is 0.266. The van der Waals surface area contributed by atoms with E-state index < -0.39 is 5.97 Å². The van der Waals surface area contributed by atoms with Crippen molar-refractivity contribution in [1.82, 2.24) is 9.97 Å². The standard InChI is InChI=1S/C15H17N3O3S/c1-9(2)7-11-12(14(20)21-3)17-15(22-11)18-13(19)10-5-4-6-16-8-10/h4-6,8-9H,7H2,1-3H3,(H,17,18,19). The average Bonchev–Trinajstić information content (AvgIpc) is 2.89. The minimum Gasteiger partial charge on any atom is -0.464 e. The summed E-state index contributed by atoms with van der Waals surface area (Å²) in [5.41, 5.74) is 0.699. The number of amides is 1. The van der Waals surface area contributed by atoms with Gasteiger partial charge in [-0.1, -0.05) is 13.8 Å². The number of nitrogens with one attached hydrogen (secondary N) is 1. The maximum atomic E-state index is 12.1. The van der Waals surface area contributed by atoms with Crippen molar-refractivity contribution in [1.29, 1.82) is 0 Å². The van der Waals surface area contributed by atoms with Gasteiger partial charge in [0.2, 0.25) is 0 Å². The third-order valence-corrected chi connectivity index (χ3v) is 3.81. The Balaban J connectivity index is 2.23. The first kappa shape index (κ1) is 16.1. The van der Waals surface area contributed by atoms with Gasteiger partial charge in [0.1, 0.15) is 0 Å². The number of anilines is 1. The fourth-order valence-corrected chi connectivity index (χ4v) is 2.99. The summed E-state index contributed by atoms with van der Waals surface area (Å²) in [6.45, 7) is 4.10. The smallest absolute Gasteiger partial charge is 0.357 e. The van der Waals surface area contributed by atoms with Crippen molar-refractivity contribution in [3.8, 4) is 0 Å². The minimum atomic E-state index is -0.492. The fraction of sp³-hybridized carbons (Fsp3) is 0.333. The van der Waals surface area contributed by atoms with Gasteiger partial charge in [-0.2, -0.15) is 0 Å². The lowest BCUT2D eigenvalue weighted by atomic mass is 10.1. The first-order chi connectivity index (χ1) is 10.5. The number of pyridine rings is 1. The van der Waals surface area contributed by atoms with Crippen LogP contribution in [0.3, 0.4) is 0 Å². The Morgan fingerprint density at radius 3 is 2.77 bits per heavy atom. The van der Waals surface area contributed by atoms with E-state index in [1.165, 1.54) is 24.6 Å². The van der Waals surface area contributed by atoms with Gasteiger partial charge in [-0.3, -0.25) is 15.1 Å². The molecule has 2 heterocycles. The van der Waals surface area contributed by atoms with Gasteiger partial charge < -0.3 is 4.74 Å². The van der Waals surface area contributed by atoms with Gasteiger partial charge in [-0.15, -0.1) is 11.3 Å². The number of aromatic nitrogens is 2. The number of esters is 1. The van der Waals surface area contributed by atoms with Gasteiger partial charge >= 0.3 is 5.97 Å². The summed E-state index contributed by atoms with van der Waals surface area (Å²) in [7, 11) is 1.31. The van der Waals surface area contributed by atoms with Gasteiger partial charge in [0.25, 0.3) is 5.91 Å². The Hall–Kier alpha value is -2.28. The summed E-state index contributed by atoms with van der Waals surface area (Å²) in [6, 6.07) is 3.34. The first-order valence-electron chi connectivity index (χ1n) is 6.80. The molecule has 0 aliphatic carbocycles. The molecule has 7 heteroatoms. The number of hydrogen-bond donors (Lipinski definition) is 1. The number of ether oxygens (including phenoxy) is 1. The Labute approximate surface area is 132 Å². The van der Waals surface area contributed by atoms with Crippen LogP contribution in [0.2, 0.25) is 0 Å². The van der Waals surface area contributed by atoms with Crippen LogP contribution < -0.4 is 5.32 Å². The lowest BCUT2D eigenvalue weighted by Crippen LogP contribution is -2.12. The summed E-state index contributed by atoms with van der Waals surface area (Å²) >= 11 is 1.29. The Kier molecular flexibility index (Phi) is 5.21. The van der Waals surface area contributed by atoms with Gasteiger partial charge in [0.05, 0.1) is 12.7 Å². The molecule has 0 aromatic carbocycles. The summed E-state index contributed by atoms with van der Waals surface area (Å²) in [4.78, 5) is 32.8. The molecule has 0 spiro atoms. The Morgan fingerprint density at radius 1 is 1.41 bits per heavy atom. The van der Waals surface area contributed by atoms with E-state index >= 15 is 0 Å². The molecule has 2 rings (SSSR count). The van der Waals surface area contributed by atoms with E-state index in [4.69, 9.17) is 4.74 Å². The van der Waals surface area contributed by atoms with Crippen LogP contribution in [0, 0.1) is 5.92 Å². The van der Waals surface area contributed by atoms with E-state index in [1.54, 1.807) is 18.3 Å². The van der Waals surface area contributed by atoms with E-state index in [1.807, 2.05) is 0 Å². The molecule has 0 saturated carbocycles. The molecule has 22 heavy (non-hydrogen) atoms. The molecule has 0 atom stereocenters. The summed E-state index contributed by atoms with van der Waals surface area (Å²) < 4.78 is 4.74. The van der Waals surface area contributed by atoms with Crippen molar-refractivity contribution < 1.29 is 14.3 Å². The lowest BCUT2D eigenvalue weighted by Gasteiger charge is -2.02. The predicted molar refractivity (Wildman–Crippen MR) is 84.2 cm³/mol. The molecular weight excluding hydrogens is 302 g/mol. The molecule has 0 aliphatic heterocycles. The molecule has 0 radical (unpaired) electrons. The van der Waals surface area contributed by atoms with E-state index in [2.05, 4.69) is 29.1 Å². The molecule has 116 valence electrons.